The van der Waals surface area contributed by atoms with Gasteiger partial charge in [0.25, 0.3) is 0 Å². The molecule has 0 saturated carbocycles. The Morgan fingerprint density at radius 1 is 0.448 bits per heavy atom. The SMILES string of the molecule is C.CC#N.CC(C)(C)OC(=O)N=C(NC(=O)OC(C)(C)C)n1cccn1.CCCC(O)(CCC)CCc1cccc(/C=C/CN)c1.CCCC(O)(CCC)CCc1cccc(CCCCC(=N)N)c1.CCCC(O)(CCC)CCc1cccc(CCCCC(=NC(=O)OC(C)(C)C)NC(=O)OC(C)(C)C)c1.CCCC(O)(CCC)CCc1cccc(CCCN)c1.CCO.CCO.Cl.Cl. The molecule has 0 fully saturated rings. The number of halogens is 2. The van der Waals surface area contributed by atoms with Crippen LogP contribution in [0.15, 0.2) is 132 Å². The number of hydrogen-bond acceptors (Lipinski definition) is 19. The van der Waals surface area contributed by atoms with Gasteiger partial charge in [0.05, 0.1) is 34.3 Å². The molecule has 0 spiro atoms. The Bertz CT molecular complexity index is 3950. The standard InChI is InChI=1S/C30H50N2O5.C20H34N2O.C18H31NO.C18H29NO.C14H22N4O4.C2H3N.2C2H6O.CH4.2ClH/c1-9-19-30(35,20-10-2)21-18-24-16-13-15-23(22-24)14-11-12-17-25(31-26(33)36-28(3,4)5)32-27(34)37-29(6,7)8;1-3-13-20(23,14-4-2)15-12-18-10-7-9-17(16-18)8-5-6-11-19(21)22;2*1-3-11-18(20,12-4-2)13-10-17-8-5-7-16(15-17)9-6-14-19;1-13(2,3)21-11(19)16-10(18-9-7-8-15-18)17-12(20)22-14(4,5)6;3*1-2-3;;;/h13,15-16,22,35H,9-12,14,17-21H2,1-8H3,(H,31,32,33,34);7,9-10,16,23H,3-6,8,11-15H2,1-2H3,(H3,21,22);5,7-8,15,20H,3-4,6,9-14,19H2,1-2H3;5-9,15,20H,3-4,10-14,19H2,1-2H3;7-9H,1-6H3,(H,16,17,19,20);1H3;2*3H,2H2,1H3;1H4;2*1H/b;;;9-6+;;;;;;;. The Kier molecular flexibility index (Phi) is 79.4. The average molecular weight is 1920 g/mol. The highest BCUT2D eigenvalue weighted by Gasteiger charge is 2.29. The molecule has 5 rings (SSSR count). The molecule has 0 saturated heterocycles. The first kappa shape index (κ1) is 137. The number of amides is 4. The summed E-state index contributed by atoms with van der Waals surface area (Å²) in [7, 11) is 0. The minimum Gasteiger partial charge on any atom is -0.444 e. The van der Waals surface area contributed by atoms with Crippen molar-refractivity contribution in [3.8, 4) is 6.07 Å². The summed E-state index contributed by atoms with van der Waals surface area (Å²) in [5, 5.41) is 81.6. The number of carbonyl (C=O) groups excluding carboxylic acids is 4. The number of aliphatic imine (C=N–C) groups is 2. The largest absolute Gasteiger partial charge is 0.444 e. The van der Waals surface area contributed by atoms with Gasteiger partial charge in [-0.1, -0.05) is 223 Å². The van der Waals surface area contributed by atoms with Crippen molar-refractivity contribution in [2.45, 2.75) is 430 Å². The smallest absolute Gasteiger partial charge is 0.437 e. The van der Waals surface area contributed by atoms with E-state index >= 15 is 0 Å². The number of amidine groups is 2. The third kappa shape index (κ3) is 76.0. The van der Waals surface area contributed by atoms with Gasteiger partial charge in [-0.05, 0) is 308 Å². The predicted octanol–water partition coefficient (Wildman–Crippen LogP) is 24.4. The van der Waals surface area contributed by atoms with Crippen molar-refractivity contribution in [1.29, 1.82) is 10.7 Å². The number of nitrogens with one attached hydrogen (secondary N) is 3. The van der Waals surface area contributed by atoms with E-state index < -0.39 is 69.2 Å². The highest BCUT2D eigenvalue weighted by molar-refractivity contribution is 6.00. The number of nitriles is 1. The van der Waals surface area contributed by atoms with Crippen LogP contribution in [-0.4, -0.2) is 154 Å². The molecule has 0 aliphatic heterocycles. The Morgan fingerprint density at radius 2 is 0.739 bits per heavy atom. The van der Waals surface area contributed by atoms with Gasteiger partial charge in [-0.2, -0.15) is 15.4 Å². The molecule has 27 heteroatoms. The highest BCUT2D eigenvalue weighted by atomic mass is 35.5. The number of nitrogens with zero attached hydrogens (tertiary/aromatic N) is 5. The highest BCUT2D eigenvalue weighted by Crippen LogP contribution is 2.31. The van der Waals surface area contributed by atoms with Gasteiger partial charge in [-0.25, -0.2) is 23.9 Å². The van der Waals surface area contributed by atoms with E-state index in [1.165, 1.54) is 68.5 Å². The van der Waals surface area contributed by atoms with Gasteiger partial charge >= 0.3 is 24.4 Å². The summed E-state index contributed by atoms with van der Waals surface area (Å²) in [6, 6.07) is 37.8. The second-order valence-corrected chi connectivity index (χ2v) is 37.6. The number of aliphatic hydroxyl groups is 6. The van der Waals surface area contributed by atoms with Crippen molar-refractivity contribution >= 4 is 72.9 Å². The summed E-state index contributed by atoms with van der Waals surface area (Å²) in [6.45, 7) is 44.7. The van der Waals surface area contributed by atoms with Crippen molar-refractivity contribution in [1.82, 2.24) is 20.4 Å². The molecular formula is C107H187Cl2N11O14. The third-order valence-corrected chi connectivity index (χ3v) is 19.8. The zero-order valence-corrected chi connectivity index (χ0v) is 87.9. The van der Waals surface area contributed by atoms with E-state index in [1.54, 1.807) is 109 Å². The van der Waals surface area contributed by atoms with Crippen LogP contribution in [0.3, 0.4) is 0 Å². The number of carbonyl (C=O) groups is 4. The Balaban J connectivity index is -0.000000378. The number of aromatic nitrogens is 2. The van der Waals surface area contributed by atoms with Crippen LogP contribution in [0.2, 0.25) is 0 Å². The molecule has 1 heterocycles. The summed E-state index contributed by atoms with van der Waals surface area (Å²) in [4.78, 5) is 55.8. The summed E-state index contributed by atoms with van der Waals surface area (Å²) >= 11 is 0. The molecule has 4 amide bonds. The fourth-order valence-corrected chi connectivity index (χ4v) is 14.4. The number of aryl methyl sites for hydroxylation is 7. The zero-order valence-electron chi connectivity index (χ0n) is 86.2. The lowest BCUT2D eigenvalue weighted by molar-refractivity contribution is 0.0127. The van der Waals surface area contributed by atoms with E-state index in [0.717, 1.165) is 212 Å². The molecular weight excluding hydrogens is 1730 g/mol. The van der Waals surface area contributed by atoms with Gasteiger partial charge in [-0.3, -0.25) is 16.0 Å². The molecule has 15 N–H and O–H groups in total. The molecule has 134 heavy (non-hydrogen) atoms. The molecule has 5 aromatic rings. The minimum atomic E-state index is -0.839. The first-order valence-corrected chi connectivity index (χ1v) is 48.4. The van der Waals surface area contributed by atoms with Gasteiger partial charge in [0.15, 0.2) is 0 Å². The molecule has 0 bridgehead atoms. The second kappa shape index (κ2) is 77.9. The lowest BCUT2D eigenvalue weighted by Gasteiger charge is -2.27. The fourth-order valence-electron chi connectivity index (χ4n) is 14.4. The van der Waals surface area contributed by atoms with Gasteiger partial charge in [0.2, 0.25) is 5.96 Å². The maximum absolute atomic E-state index is 12.3. The Morgan fingerprint density at radius 3 is 1.03 bits per heavy atom. The topological polar surface area (TPSA) is 419 Å². The van der Waals surface area contributed by atoms with Crippen LogP contribution in [0.5, 0.6) is 0 Å². The lowest BCUT2D eigenvalue weighted by Crippen LogP contribution is -2.40. The number of benzene rings is 4. The van der Waals surface area contributed by atoms with E-state index in [0.29, 0.717) is 19.4 Å². The van der Waals surface area contributed by atoms with E-state index in [1.807, 2.05) is 12.2 Å². The van der Waals surface area contributed by atoms with Gasteiger partial charge < -0.3 is 66.8 Å². The lowest BCUT2D eigenvalue weighted by atomic mass is 9.86. The summed E-state index contributed by atoms with van der Waals surface area (Å²) in [5.41, 5.74) is 22.0. The minimum absolute atomic E-state index is 0. The second-order valence-electron chi connectivity index (χ2n) is 37.6. The van der Waals surface area contributed by atoms with Gasteiger partial charge in [0, 0.05) is 51.9 Å². The van der Waals surface area contributed by atoms with Crippen molar-refractivity contribution < 1.29 is 68.8 Å². The molecule has 768 valence electrons. The summed E-state index contributed by atoms with van der Waals surface area (Å²) in [5.74, 6) is 0.418. The first-order valence-electron chi connectivity index (χ1n) is 48.4. The molecule has 1 aromatic heterocycles. The van der Waals surface area contributed by atoms with Crippen LogP contribution in [0.4, 0.5) is 19.2 Å². The van der Waals surface area contributed by atoms with Crippen LogP contribution in [0.25, 0.3) is 6.08 Å². The zero-order chi connectivity index (χ0) is 100. The van der Waals surface area contributed by atoms with E-state index in [-0.39, 0.29) is 63.1 Å². The number of aliphatic hydroxyl groups excluding tert-OH is 2. The van der Waals surface area contributed by atoms with Crippen molar-refractivity contribution in [3.63, 3.8) is 0 Å². The number of ether oxygens (including phenoxy) is 4. The number of rotatable bonds is 43. The Labute approximate surface area is 823 Å². The first-order chi connectivity index (χ1) is 61.6. The summed E-state index contributed by atoms with van der Waals surface area (Å²) < 4.78 is 22.0. The van der Waals surface area contributed by atoms with E-state index in [4.69, 9.17) is 57.0 Å². The molecule has 0 radical (unpaired) electrons. The van der Waals surface area contributed by atoms with Gasteiger partial charge in [-0.15, -0.1) is 29.8 Å². The molecule has 4 aromatic carbocycles. The maximum atomic E-state index is 12.3. The third-order valence-electron chi connectivity index (χ3n) is 19.8. The quantitative estimate of drug-likeness (QED) is 0.00746. The summed E-state index contributed by atoms with van der Waals surface area (Å²) in [6.07, 6.45) is 35.1. The van der Waals surface area contributed by atoms with Crippen molar-refractivity contribution in [3.05, 3.63) is 166 Å². The van der Waals surface area contributed by atoms with Crippen LogP contribution in [0.1, 0.15) is 385 Å². The van der Waals surface area contributed by atoms with Gasteiger partial charge in [0.1, 0.15) is 28.2 Å². The molecule has 25 nitrogen and oxygen atoms in total. The van der Waals surface area contributed by atoms with E-state index in [2.05, 4.69) is 178 Å². The number of alkyl carbamates (subject to hydrolysis) is 2. The van der Waals surface area contributed by atoms with Crippen molar-refractivity contribution in [2.75, 3.05) is 26.3 Å². The molecule has 0 aliphatic rings. The van der Waals surface area contributed by atoms with E-state index in [9.17, 15) is 39.6 Å². The predicted molar refractivity (Wildman–Crippen MR) is 562 cm³/mol. The maximum Gasteiger partial charge on any atom is 0.437 e. The monoisotopic (exact) mass is 1920 g/mol. The van der Waals surface area contributed by atoms with Crippen LogP contribution in [0, 0.1) is 16.7 Å². The normalized spacial score (nSPS) is 11.5. The van der Waals surface area contributed by atoms with Crippen molar-refractivity contribution in [2.24, 2.45) is 27.2 Å². The number of hydrogen-bond donors (Lipinski definition) is 12. The van der Waals surface area contributed by atoms with Crippen LogP contribution < -0.4 is 27.8 Å². The molecule has 0 aliphatic carbocycles. The molecule has 0 unspecified atom stereocenters. The Hall–Kier alpha value is -8.13. The number of nitrogens with two attached hydrogens (primary N) is 3. The van der Waals surface area contributed by atoms with Crippen LogP contribution in [-0.2, 0) is 63.9 Å². The fraction of sp³-hybridized carbons (Fsp3) is 0.654. The molecule has 0 atom stereocenters. The average Bonchev–Trinajstić information content (AvgIpc) is 1.77. The number of unbranched alkanes of at least 4 members (excludes halogenated alkanes) is 2. The van der Waals surface area contributed by atoms with Crippen LogP contribution >= 0.6 is 24.8 Å².